The average Bonchev–Trinajstić information content (AvgIpc) is 2.92. The van der Waals surface area contributed by atoms with Gasteiger partial charge in [-0.2, -0.15) is 4.72 Å². The van der Waals surface area contributed by atoms with Crippen LogP contribution in [0.5, 0.6) is 0 Å². The Labute approximate surface area is 172 Å². The number of ether oxygens (including phenoxy) is 1. The molecule has 8 heteroatoms. The quantitative estimate of drug-likeness (QED) is 0.662. The van der Waals surface area contributed by atoms with Crippen LogP contribution in [-0.4, -0.2) is 25.5 Å². The Balaban J connectivity index is 2.01. The summed E-state index contributed by atoms with van der Waals surface area (Å²) in [5.41, 5.74) is -1.84. The van der Waals surface area contributed by atoms with Gasteiger partial charge in [0.05, 0.1) is 3.79 Å². The summed E-state index contributed by atoms with van der Waals surface area (Å²) in [7, 11) is -3.88. The number of hydrogen-bond acceptors (Lipinski definition) is 5. The summed E-state index contributed by atoms with van der Waals surface area (Å²) < 4.78 is 35.0. The molecule has 146 valence electrons. The van der Waals surface area contributed by atoms with Crippen molar-refractivity contribution in [1.82, 2.24) is 4.72 Å². The molecule has 1 aliphatic rings. The van der Waals surface area contributed by atoms with Gasteiger partial charge in [-0.3, -0.25) is 0 Å². The van der Waals surface area contributed by atoms with Crippen LogP contribution in [0, 0.1) is 0 Å². The Kier molecular flexibility index (Phi) is 5.08. The van der Waals surface area contributed by atoms with E-state index in [1.807, 2.05) is 37.3 Å². The zero-order valence-corrected chi connectivity index (χ0v) is 18.8. The van der Waals surface area contributed by atoms with Gasteiger partial charge in [-0.05, 0) is 60.8 Å². The maximum Gasteiger partial charge on any atom is 0.328 e. The second-order valence-electron chi connectivity index (χ2n) is 7.95. The summed E-state index contributed by atoms with van der Waals surface area (Å²) >= 11 is 4.38. The van der Waals surface area contributed by atoms with E-state index < -0.39 is 32.5 Å². The molecule has 5 nitrogen and oxygen atoms in total. The van der Waals surface area contributed by atoms with E-state index in [2.05, 4.69) is 20.7 Å². The van der Waals surface area contributed by atoms with E-state index >= 15 is 0 Å². The minimum atomic E-state index is -3.88. The second-order valence-corrected chi connectivity index (χ2v) is 12.3. The monoisotopic (exact) mass is 471 g/mol. The Bertz CT molecular complexity index is 965. The molecule has 1 aliphatic carbocycles. The number of benzene rings is 1. The molecule has 27 heavy (non-hydrogen) atoms. The van der Waals surface area contributed by atoms with Crippen LogP contribution in [0.1, 0.15) is 39.7 Å². The van der Waals surface area contributed by atoms with Gasteiger partial charge < -0.3 is 4.74 Å². The molecule has 2 atom stereocenters. The third kappa shape index (κ3) is 3.85. The smallest absolute Gasteiger partial charge is 0.328 e. The van der Waals surface area contributed by atoms with Crippen molar-refractivity contribution in [2.24, 2.45) is 0 Å². The standard InChI is InChI=1S/C19H22BrNO4S2/c1-17(2,3)25-16(22)19(12-18(19,4)13-8-6-5-7-9-13)21-27(23,24)15-11-10-14(20)26-15/h5-11,21H,12H2,1-4H3/t18?,19-/m0/s1. The number of carbonyl (C=O) groups is 1. The summed E-state index contributed by atoms with van der Waals surface area (Å²) in [5, 5.41) is 0. The van der Waals surface area contributed by atoms with Gasteiger partial charge in [0.15, 0.2) is 0 Å². The fraction of sp³-hybridized carbons (Fsp3) is 0.421. The highest BCUT2D eigenvalue weighted by Crippen LogP contribution is 2.59. The largest absolute Gasteiger partial charge is 0.459 e. The number of esters is 1. The summed E-state index contributed by atoms with van der Waals surface area (Å²) in [5.74, 6) is -0.555. The number of halogens is 1. The molecule has 0 aliphatic heterocycles. The number of rotatable bonds is 5. The summed E-state index contributed by atoms with van der Waals surface area (Å²) in [6, 6.07) is 12.6. The number of sulfonamides is 1. The molecule has 1 N–H and O–H groups in total. The van der Waals surface area contributed by atoms with Gasteiger partial charge in [0.2, 0.25) is 0 Å². The first-order valence-corrected chi connectivity index (χ1v) is 11.6. The predicted molar refractivity (Wildman–Crippen MR) is 109 cm³/mol. The zero-order chi connectivity index (χ0) is 20.1. The molecule has 0 amide bonds. The molecule has 1 unspecified atom stereocenters. The lowest BCUT2D eigenvalue weighted by Crippen LogP contribution is -2.50. The molecule has 1 aromatic carbocycles. The van der Waals surface area contributed by atoms with Crippen LogP contribution in [0.25, 0.3) is 0 Å². The molecule has 0 radical (unpaired) electrons. The molecule has 0 saturated heterocycles. The second kappa shape index (κ2) is 6.69. The van der Waals surface area contributed by atoms with E-state index in [9.17, 15) is 13.2 Å². The summed E-state index contributed by atoms with van der Waals surface area (Å²) in [6.07, 6.45) is 0.338. The minimum Gasteiger partial charge on any atom is -0.459 e. The third-order valence-electron chi connectivity index (χ3n) is 4.72. The van der Waals surface area contributed by atoms with Crippen LogP contribution >= 0.6 is 27.3 Å². The SMILES string of the molecule is CC(C)(C)OC(=O)[C@@]1(NS(=O)(=O)c2ccc(Br)s2)CC1(C)c1ccccc1. The summed E-state index contributed by atoms with van der Waals surface area (Å²) in [6.45, 7) is 7.20. The van der Waals surface area contributed by atoms with Crippen molar-refractivity contribution in [3.05, 3.63) is 51.8 Å². The average molecular weight is 472 g/mol. The molecule has 3 rings (SSSR count). The molecule has 1 aromatic heterocycles. The van der Waals surface area contributed by atoms with Gasteiger partial charge in [-0.1, -0.05) is 37.3 Å². The van der Waals surface area contributed by atoms with Crippen molar-refractivity contribution in [2.75, 3.05) is 0 Å². The fourth-order valence-corrected chi connectivity index (χ4v) is 6.68. The molecule has 1 fully saturated rings. The lowest BCUT2D eigenvalue weighted by molar-refractivity contribution is -0.158. The molecular formula is C19H22BrNO4S2. The number of nitrogens with one attached hydrogen (secondary N) is 1. The maximum absolute atomic E-state index is 13.1. The van der Waals surface area contributed by atoms with Crippen molar-refractivity contribution in [1.29, 1.82) is 0 Å². The number of thiophene rings is 1. The highest BCUT2D eigenvalue weighted by atomic mass is 79.9. The Morgan fingerprint density at radius 1 is 1.19 bits per heavy atom. The first kappa shape index (κ1) is 20.5. The lowest BCUT2D eigenvalue weighted by Gasteiger charge is -2.27. The van der Waals surface area contributed by atoms with Crippen LogP contribution in [0.4, 0.5) is 0 Å². The zero-order valence-electron chi connectivity index (χ0n) is 15.6. The highest BCUT2D eigenvalue weighted by Gasteiger charge is 2.73. The van der Waals surface area contributed by atoms with E-state index in [4.69, 9.17) is 4.74 Å². The van der Waals surface area contributed by atoms with E-state index in [0.29, 0.717) is 10.2 Å². The topological polar surface area (TPSA) is 72.5 Å². The number of hydrogen-bond donors (Lipinski definition) is 1. The predicted octanol–water partition coefficient (Wildman–Crippen LogP) is 4.23. The normalized spacial score (nSPS) is 25.2. The first-order chi connectivity index (χ1) is 12.4. The Morgan fingerprint density at radius 3 is 2.33 bits per heavy atom. The molecular weight excluding hydrogens is 450 g/mol. The minimum absolute atomic E-state index is 0.152. The van der Waals surface area contributed by atoms with E-state index in [1.165, 1.54) is 6.07 Å². The third-order valence-corrected chi connectivity index (χ3v) is 8.33. The van der Waals surface area contributed by atoms with Gasteiger partial charge in [0.1, 0.15) is 15.3 Å². The maximum atomic E-state index is 13.1. The van der Waals surface area contributed by atoms with Crippen LogP contribution in [0.2, 0.25) is 0 Å². The van der Waals surface area contributed by atoms with Crippen molar-refractivity contribution in [3.8, 4) is 0 Å². The molecule has 0 spiro atoms. The molecule has 0 bridgehead atoms. The van der Waals surface area contributed by atoms with Gasteiger partial charge >= 0.3 is 5.97 Å². The van der Waals surface area contributed by atoms with E-state index in [-0.39, 0.29) is 4.21 Å². The van der Waals surface area contributed by atoms with E-state index in [0.717, 1.165) is 16.9 Å². The van der Waals surface area contributed by atoms with Crippen LogP contribution < -0.4 is 4.72 Å². The Hall–Kier alpha value is -1.22. The van der Waals surface area contributed by atoms with Crippen molar-refractivity contribution in [3.63, 3.8) is 0 Å². The van der Waals surface area contributed by atoms with Gasteiger partial charge in [-0.25, -0.2) is 13.2 Å². The van der Waals surface area contributed by atoms with Crippen molar-refractivity contribution >= 4 is 43.3 Å². The highest BCUT2D eigenvalue weighted by molar-refractivity contribution is 9.11. The van der Waals surface area contributed by atoms with Crippen molar-refractivity contribution < 1.29 is 17.9 Å². The van der Waals surface area contributed by atoms with Crippen LogP contribution in [-0.2, 0) is 25.0 Å². The molecule has 2 aromatic rings. The van der Waals surface area contributed by atoms with Gasteiger partial charge in [0, 0.05) is 5.41 Å². The fourth-order valence-electron chi connectivity index (χ4n) is 3.22. The van der Waals surface area contributed by atoms with Crippen molar-refractivity contribution in [2.45, 2.75) is 54.9 Å². The van der Waals surface area contributed by atoms with Gasteiger partial charge in [-0.15, -0.1) is 11.3 Å². The van der Waals surface area contributed by atoms with E-state index in [1.54, 1.807) is 26.8 Å². The Morgan fingerprint density at radius 2 is 1.81 bits per heavy atom. The first-order valence-electron chi connectivity index (χ1n) is 8.48. The lowest BCUT2D eigenvalue weighted by atomic mass is 9.93. The van der Waals surface area contributed by atoms with Crippen LogP contribution in [0.3, 0.4) is 0 Å². The van der Waals surface area contributed by atoms with Crippen LogP contribution in [0.15, 0.2) is 50.5 Å². The van der Waals surface area contributed by atoms with Gasteiger partial charge in [0.25, 0.3) is 10.0 Å². The number of carbonyl (C=O) groups excluding carboxylic acids is 1. The molecule has 1 heterocycles. The molecule has 1 saturated carbocycles. The summed E-state index contributed by atoms with van der Waals surface area (Å²) in [4.78, 5) is 13.1.